The number of carbonyl (C=O) groups excluding carboxylic acids is 1. The van der Waals surface area contributed by atoms with E-state index in [0.29, 0.717) is 11.7 Å². The Kier molecular flexibility index (Phi) is 7.34. The zero-order valence-corrected chi connectivity index (χ0v) is 22.8. The number of nitrogens with zero attached hydrogens (tertiary/aromatic N) is 3. The minimum absolute atomic E-state index is 0.303. The van der Waals surface area contributed by atoms with Crippen LogP contribution in [0.1, 0.15) is 60.3 Å². The minimum atomic E-state index is -0.564. The van der Waals surface area contributed by atoms with E-state index in [2.05, 4.69) is 97.2 Å². The van der Waals surface area contributed by atoms with Gasteiger partial charge in [-0.2, -0.15) is 5.10 Å². The molecule has 1 aromatic heterocycles. The molecule has 38 heavy (non-hydrogen) atoms. The maximum atomic E-state index is 11.4. The zero-order chi connectivity index (χ0) is 26.8. The highest BCUT2D eigenvalue weighted by atomic mass is 16.2. The van der Waals surface area contributed by atoms with Crippen LogP contribution >= 0.6 is 0 Å². The van der Waals surface area contributed by atoms with Gasteiger partial charge in [-0.3, -0.25) is 4.90 Å². The fourth-order valence-electron chi connectivity index (χ4n) is 5.78. The number of para-hydroxylation sites is 1. The molecule has 2 heterocycles. The molecular formula is C32H37N5O. The summed E-state index contributed by atoms with van der Waals surface area (Å²) in [7, 11) is 0. The first-order valence-electron chi connectivity index (χ1n) is 13.6. The van der Waals surface area contributed by atoms with Gasteiger partial charge in [0.2, 0.25) is 0 Å². The summed E-state index contributed by atoms with van der Waals surface area (Å²) in [6.45, 7) is 10.7. The number of benzene rings is 3. The van der Waals surface area contributed by atoms with Gasteiger partial charge < -0.3 is 11.1 Å². The quantitative estimate of drug-likeness (QED) is 0.297. The van der Waals surface area contributed by atoms with Crippen molar-refractivity contribution in [3.05, 3.63) is 100 Å². The van der Waals surface area contributed by atoms with Crippen LogP contribution in [0.4, 0.5) is 10.5 Å². The molecule has 0 saturated carbocycles. The predicted molar refractivity (Wildman–Crippen MR) is 155 cm³/mol. The average molecular weight is 508 g/mol. The van der Waals surface area contributed by atoms with Gasteiger partial charge in [0.05, 0.1) is 17.1 Å². The number of anilines is 1. The van der Waals surface area contributed by atoms with Crippen molar-refractivity contribution < 1.29 is 4.79 Å². The zero-order valence-electron chi connectivity index (χ0n) is 22.8. The lowest BCUT2D eigenvalue weighted by atomic mass is 9.96. The Morgan fingerprint density at radius 2 is 1.68 bits per heavy atom. The van der Waals surface area contributed by atoms with E-state index in [4.69, 9.17) is 10.8 Å². The second kappa shape index (κ2) is 10.8. The largest absolute Gasteiger partial charge is 0.351 e. The van der Waals surface area contributed by atoms with Crippen LogP contribution in [0, 0.1) is 6.92 Å². The lowest BCUT2D eigenvalue weighted by molar-refractivity contribution is 0.191. The lowest BCUT2D eigenvalue weighted by Gasteiger charge is -2.33. The van der Waals surface area contributed by atoms with E-state index in [1.807, 2.05) is 12.1 Å². The Bertz CT molecular complexity index is 1430. The normalized spacial score (nSPS) is 14.2. The number of urea groups is 1. The molecule has 0 radical (unpaired) electrons. The summed E-state index contributed by atoms with van der Waals surface area (Å²) in [5, 5.41) is 7.95. The number of aryl methyl sites for hydroxylation is 3. The molecule has 1 atom stereocenters. The third-order valence-electron chi connectivity index (χ3n) is 7.85. The third-order valence-corrected chi connectivity index (χ3v) is 7.85. The summed E-state index contributed by atoms with van der Waals surface area (Å²) < 4.78 is 2.20. The molecular weight excluding hydrogens is 470 g/mol. The van der Waals surface area contributed by atoms with E-state index in [-0.39, 0.29) is 0 Å². The maximum Gasteiger partial charge on any atom is 0.316 e. The van der Waals surface area contributed by atoms with Crippen molar-refractivity contribution in [1.82, 2.24) is 14.7 Å². The Hall–Kier alpha value is -3.90. The first kappa shape index (κ1) is 25.7. The van der Waals surface area contributed by atoms with Gasteiger partial charge in [-0.15, -0.1) is 0 Å². The van der Waals surface area contributed by atoms with Gasteiger partial charge in [-0.1, -0.05) is 68.4 Å². The smallest absolute Gasteiger partial charge is 0.316 e. The molecule has 1 unspecified atom stereocenters. The summed E-state index contributed by atoms with van der Waals surface area (Å²) in [6.07, 6.45) is 2.78. The van der Waals surface area contributed by atoms with Crippen molar-refractivity contribution in [2.24, 2.45) is 5.73 Å². The van der Waals surface area contributed by atoms with Crippen LogP contribution in [-0.2, 0) is 25.8 Å². The number of fused-ring (bicyclic) bond motifs is 1. The highest BCUT2D eigenvalue weighted by Crippen LogP contribution is 2.37. The van der Waals surface area contributed by atoms with E-state index in [1.165, 1.54) is 39.2 Å². The molecule has 0 aliphatic carbocycles. The molecule has 1 aliphatic heterocycles. The van der Waals surface area contributed by atoms with Crippen molar-refractivity contribution in [2.75, 3.05) is 11.9 Å². The Morgan fingerprint density at radius 1 is 1.00 bits per heavy atom. The van der Waals surface area contributed by atoms with Gasteiger partial charge >= 0.3 is 6.03 Å². The maximum absolute atomic E-state index is 11.4. The van der Waals surface area contributed by atoms with Crippen molar-refractivity contribution in [1.29, 1.82) is 0 Å². The minimum Gasteiger partial charge on any atom is -0.351 e. The second-order valence-electron chi connectivity index (χ2n) is 10.1. The van der Waals surface area contributed by atoms with Crippen LogP contribution in [0.2, 0.25) is 0 Å². The number of primary amides is 1. The first-order valence-corrected chi connectivity index (χ1v) is 13.6. The van der Waals surface area contributed by atoms with Crippen molar-refractivity contribution in [3.63, 3.8) is 0 Å². The molecule has 6 heteroatoms. The topological polar surface area (TPSA) is 76.2 Å². The fraction of sp³-hybridized carbons (Fsp3) is 0.312. The van der Waals surface area contributed by atoms with Gasteiger partial charge in [-0.25, -0.2) is 9.48 Å². The number of hydrogen-bond donors (Lipinski definition) is 2. The number of rotatable bonds is 7. The molecule has 0 bridgehead atoms. The number of amides is 2. The van der Waals surface area contributed by atoms with Crippen LogP contribution in [0.5, 0.6) is 0 Å². The second-order valence-corrected chi connectivity index (χ2v) is 10.1. The number of nitrogens with one attached hydrogen (secondary N) is 1. The third kappa shape index (κ3) is 4.84. The Labute approximate surface area is 225 Å². The molecule has 0 saturated heterocycles. The monoisotopic (exact) mass is 507 g/mol. The molecule has 3 aromatic carbocycles. The highest BCUT2D eigenvalue weighted by molar-refractivity contribution is 5.88. The SMILES string of the molecule is CCc1cccc(CC)c1-n1nc2c(c1-c1ccc(NC(N)=O)cc1)CN(C(C)c1ccccc1C)CC2. The standard InChI is InChI=1S/C32H37N5O/c1-5-23-11-9-12-24(6-2)30(23)37-31(25-14-16-26(17-15-25)34-32(33)38)28-20-36(19-18-29(28)35-37)22(4)27-13-8-7-10-21(27)3/h7-17,22H,5-6,18-20H2,1-4H3,(H3,33,34,38). The summed E-state index contributed by atoms with van der Waals surface area (Å²) in [4.78, 5) is 14.0. The number of hydrogen-bond acceptors (Lipinski definition) is 3. The van der Waals surface area contributed by atoms with Gasteiger partial charge in [0, 0.05) is 42.4 Å². The van der Waals surface area contributed by atoms with Crippen molar-refractivity contribution in [3.8, 4) is 16.9 Å². The summed E-state index contributed by atoms with van der Waals surface area (Å²) in [5.41, 5.74) is 17.2. The van der Waals surface area contributed by atoms with Crippen LogP contribution in [-0.4, -0.2) is 27.3 Å². The summed E-state index contributed by atoms with van der Waals surface area (Å²) >= 11 is 0. The average Bonchev–Trinajstić information content (AvgIpc) is 3.30. The molecule has 1 aliphatic rings. The van der Waals surface area contributed by atoms with Crippen molar-refractivity contribution >= 4 is 11.7 Å². The predicted octanol–water partition coefficient (Wildman–Crippen LogP) is 6.58. The molecule has 3 N–H and O–H groups in total. The van der Waals surface area contributed by atoms with Crippen LogP contribution < -0.4 is 11.1 Å². The first-order chi connectivity index (χ1) is 18.4. The van der Waals surface area contributed by atoms with Crippen LogP contribution in [0.3, 0.4) is 0 Å². The molecule has 0 spiro atoms. The fourth-order valence-corrected chi connectivity index (χ4v) is 5.78. The molecule has 5 rings (SSSR count). The van der Waals surface area contributed by atoms with E-state index >= 15 is 0 Å². The molecule has 196 valence electrons. The van der Waals surface area contributed by atoms with Gasteiger partial charge in [0.25, 0.3) is 0 Å². The van der Waals surface area contributed by atoms with Crippen molar-refractivity contribution in [2.45, 2.75) is 59.5 Å². The summed E-state index contributed by atoms with van der Waals surface area (Å²) in [6, 6.07) is 22.9. The highest BCUT2D eigenvalue weighted by Gasteiger charge is 2.30. The van der Waals surface area contributed by atoms with Gasteiger partial charge in [0.1, 0.15) is 0 Å². The lowest BCUT2D eigenvalue weighted by Crippen LogP contribution is -2.33. The van der Waals surface area contributed by atoms with E-state index in [1.54, 1.807) is 0 Å². The van der Waals surface area contributed by atoms with Gasteiger partial charge in [-0.05, 0) is 61.1 Å². The van der Waals surface area contributed by atoms with E-state index in [9.17, 15) is 4.79 Å². The molecule has 2 amide bonds. The molecule has 4 aromatic rings. The Balaban J connectivity index is 1.65. The van der Waals surface area contributed by atoms with Crippen LogP contribution in [0.25, 0.3) is 16.9 Å². The Morgan fingerprint density at radius 3 is 2.32 bits per heavy atom. The van der Waals surface area contributed by atoms with E-state index in [0.717, 1.165) is 43.6 Å². The number of aromatic nitrogens is 2. The molecule has 6 nitrogen and oxygen atoms in total. The van der Waals surface area contributed by atoms with Gasteiger partial charge in [0.15, 0.2) is 0 Å². The van der Waals surface area contributed by atoms with Crippen LogP contribution in [0.15, 0.2) is 66.7 Å². The number of carbonyl (C=O) groups is 1. The van der Waals surface area contributed by atoms with E-state index < -0.39 is 6.03 Å². The summed E-state index contributed by atoms with van der Waals surface area (Å²) in [5.74, 6) is 0. The molecule has 0 fully saturated rings. The number of nitrogens with two attached hydrogens (primary N) is 1.